The van der Waals surface area contributed by atoms with E-state index < -0.39 is 30.1 Å². The lowest BCUT2D eigenvalue weighted by Crippen LogP contribution is -2.44. The summed E-state index contributed by atoms with van der Waals surface area (Å²) < 4.78 is 0. The Hall–Kier alpha value is -1.22. The Morgan fingerprint density at radius 1 is 1.13 bits per heavy atom. The van der Waals surface area contributed by atoms with Crippen molar-refractivity contribution in [2.24, 2.45) is 22.9 Å². The molecule has 1 unspecified atom stereocenters. The van der Waals surface area contributed by atoms with Crippen molar-refractivity contribution in [1.29, 1.82) is 0 Å². The highest BCUT2D eigenvalue weighted by Crippen LogP contribution is 1.82. The molecular weight excluding hydrogens is 204 g/mol. The zero-order valence-corrected chi connectivity index (χ0v) is 8.46. The van der Waals surface area contributed by atoms with Crippen molar-refractivity contribution in [3.63, 3.8) is 0 Å². The normalized spacial score (nSPS) is 15.5. The highest BCUT2D eigenvalue weighted by atomic mass is 16.4. The molecule has 8 heteroatoms. The van der Waals surface area contributed by atoms with Crippen LogP contribution in [0.2, 0.25) is 0 Å². The lowest BCUT2D eigenvalue weighted by Gasteiger charge is -2.08. The quantitative estimate of drug-likeness (QED) is 0.293. The van der Waals surface area contributed by atoms with E-state index in [4.69, 9.17) is 33.1 Å². The number of carboxylic acids is 2. The smallest absolute Gasteiger partial charge is 0.322 e. The first kappa shape index (κ1) is 16.2. The minimum atomic E-state index is -1.06. The topological polar surface area (TPSA) is 179 Å². The summed E-state index contributed by atoms with van der Waals surface area (Å²) in [6.45, 7) is 1.55. The molecule has 15 heavy (non-hydrogen) atoms. The van der Waals surface area contributed by atoms with Crippen LogP contribution in [0.15, 0.2) is 0 Å². The third-order valence-corrected chi connectivity index (χ3v) is 1.42. The molecule has 0 saturated carbocycles. The van der Waals surface area contributed by atoms with Crippen LogP contribution >= 0.6 is 0 Å². The van der Waals surface area contributed by atoms with E-state index in [0.717, 1.165) is 0 Å². The third kappa shape index (κ3) is 9.09. The van der Waals surface area contributed by atoms with Gasteiger partial charge in [0.15, 0.2) is 0 Å². The molecule has 3 atom stereocenters. The minimum absolute atomic E-state index is 0.00463. The molecule has 0 rings (SSSR count). The Morgan fingerprint density at radius 2 is 1.53 bits per heavy atom. The van der Waals surface area contributed by atoms with Gasteiger partial charge in [-0.25, -0.2) is 0 Å². The van der Waals surface area contributed by atoms with Gasteiger partial charge in [0.05, 0.1) is 0 Å². The van der Waals surface area contributed by atoms with Gasteiger partial charge in [-0.1, -0.05) is 0 Å². The van der Waals surface area contributed by atoms with Gasteiger partial charge in [-0.2, -0.15) is 0 Å². The summed E-state index contributed by atoms with van der Waals surface area (Å²) in [4.78, 5) is 19.7. The largest absolute Gasteiger partial charge is 0.480 e. The van der Waals surface area contributed by atoms with Gasteiger partial charge in [0.25, 0.3) is 0 Å². The molecule has 8 nitrogen and oxygen atoms in total. The number of aliphatic carboxylic acids is 2. The van der Waals surface area contributed by atoms with Gasteiger partial charge in [-0.15, -0.1) is 0 Å². The summed E-state index contributed by atoms with van der Waals surface area (Å²) >= 11 is 0. The van der Waals surface area contributed by atoms with Crippen LogP contribution in [0.3, 0.4) is 0 Å². The highest BCUT2D eigenvalue weighted by molar-refractivity contribution is 5.74. The van der Waals surface area contributed by atoms with E-state index >= 15 is 0 Å². The summed E-state index contributed by atoms with van der Waals surface area (Å²) in [6.07, 6.45) is 0. The summed E-state index contributed by atoms with van der Waals surface area (Å²) in [7, 11) is 0. The molecule has 0 spiro atoms. The van der Waals surface area contributed by atoms with Crippen LogP contribution in [0.4, 0.5) is 0 Å². The van der Waals surface area contributed by atoms with E-state index in [0.29, 0.717) is 0 Å². The molecule has 0 aromatic rings. The fourth-order valence-corrected chi connectivity index (χ4v) is 0.326. The van der Waals surface area contributed by atoms with Gasteiger partial charge >= 0.3 is 11.9 Å². The predicted molar refractivity (Wildman–Crippen MR) is 53.9 cm³/mol. The van der Waals surface area contributed by atoms with Crippen molar-refractivity contribution in [3.05, 3.63) is 0 Å². The molecule has 0 saturated heterocycles. The fourth-order valence-electron chi connectivity index (χ4n) is 0.326. The van der Waals surface area contributed by atoms with Crippen LogP contribution in [0.5, 0.6) is 0 Å². The summed E-state index contributed by atoms with van der Waals surface area (Å²) in [5, 5.41) is 16.1. The SMILES string of the molecule is CC(N)[C@H](N)C(=O)O.NC[C@H](N)C(=O)O. The van der Waals surface area contributed by atoms with Gasteiger partial charge in [-0.05, 0) is 6.92 Å². The maximum Gasteiger partial charge on any atom is 0.322 e. The van der Waals surface area contributed by atoms with E-state index in [1.165, 1.54) is 0 Å². The first-order valence-corrected chi connectivity index (χ1v) is 4.16. The third-order valence-electron chi connectivity index (χ3n) is 1.42. The second kappa shape index (κ2) is 8.12. The standard InChI is InChI=1S/C4H10N2O2.C3H8N2O2/c1-2(5)3(6)4(7)8;4-1-2(5)3(6)7/h2-3H,5-6H2,1H3,(H,7,8);2H,1,4-5H2,(H,6,7)/t2?,3-;2-/m00/s1. The first-order valence-electron chi connectivity index (χ1n) is 4.16. The van der Waals surface area contributed by atoms with Crippen molar-refractivity contribution in [2.45, 2.75) is 25.0 Å². The van der Waals surface area contributed by atoms with Gasteiger partial charge < -0.3 is 33.1 Å². The van der Waals surface area contributed by atoms with Crippen molar-refractivity contribution in [3.8, 4) is 0 Å². The zero-order chi connectivity index (χ0) is 12.6. The van der Waals surface area contributed by atoms with E-state index in [-0.39, 0.29) is 6.54 Å². The molecule has 0 heterocycles. The average Bonchev–Trinajstić information content (AvgIpc) is 2.15. The molecular formula is C7H18N4O4. The molecule has 0 bridgehead atoms. The number of rotatable bonds is 4. The zero-order valence-electron chi connectivity index (χ0n) is 8.46. The summed E-state index contributed by atoms with van der Waals surface area (Å²) in [5.41, 5.74) is 19.9. The van der Waals surface area contributed by atoms with Crippen LogP contribution in [-0.2, 0) is 9.59 Å². The van der Waals surface area contributed by atoms with Crippen LogP contribution in [-0.4, -0.2) is 46.8 Å². The van der Waals surface area contributed by atoms with Crippen molar-refractivity contribution < 1.29 is 19.8 Å². The van der Waals surface area contributed by atoms with E-state index in [1.807, 2.05) is 0 Å². The van der Waals surface area contributed by atoms with Gasteiger partial charge in [0.2, 0.25) is 0 Å². The molecule has 0 radical (unpaired) electrons. The van der Waals surface area contributed by atoms with E-state index in [9.17, 15) is 9.59 Å². The fraction of sp³-hybridized carbons (Fsp3) is 0.714. The Kier molecular flexibility index (Phi) is 8.78. The van der Waals surface area contributed by atoms with Crippen LogP contribution in [0.1, 0.15) is 6.92 Å². The summed E-state index contributed by atoms with van der Waals surface area (Å²) in [5.74, 6) is -2.11. The second-order valence-electron chi connectivity index (χ2n) is 2.90. The maximum atomic E-state index is 9.94. The monoisotopic (exact) mass is 222 g/mol. The van der Waals surface area contributed by atoms with Gasteiger partial charge in [0, 0.05) is 12.6 Å². The molecule has 0 aliphatic heterocycles. The molecule has 10 N–H and O–H groups in total. The Balaban J connectivity index is 0. The number of nitrogens with two attached hydrogens (primary N) is 4. The van der Waals surface area contributed by atoms with Crippen molar-refractivity contribution >= 4 is 11.9 Å². The van der Waals surface area contributed by atoms with Crippen molar-refractivity contribution in [2.75, 3.05) is 6.54 Å². The molecule has 0 amide bonds. The van der Waals surface area contributed by atoms with E-state index in [2.05, 4.69) is 0 Å². The summed E-state index contributed by atoms with van der Waals surface area (Å²) in [6, 6.07) is -2.32. The molecule has 0 aliphatic rings. The van der Waals surface area contributed by atoms with Crippen molar-refractivity contribution in [1.82, 2.24) is 0 Å². The predicted octanol–water partition coefficient (Wildman–Crippen LogP) is -2.90. The second-order valence-corrected chi connectivity index (χ2v) is 2.90. The molecule has 0 aromatic carbocycles. The Bertz CT molecular complexity index is 209. The average molecular weight is 222 g/mol. The Labute approximate surface area is 87.2 Å². The Morgan fingerprint density at radius 3 is 1.53 bits per heavy atom. The molecule has 0 aliphatic carbocycles. The van der Waals surface area contributed by atoms with Gasteiger partial charge in [0.1, 0.15) is 12.1 Å². The van der Waals surface area contributed by atoms with Crippen LogP contribution < -0.4 is 22.9 Å². The maximum absolute atomic E-state index is 9.94. The molecule has 0 fully saturated rings. The van der Waals surface area contributed by atoms with Crippen LogP contribution in [0.25, 0.3) is 0 Å². The minimum Gasteiger partial charge on any atom is -0.480 e. The molecule has 0 aromatic heterocycles. The van der Waals surface area contributed by atoms with Crippen LogP contribution in [0, 0.1) is 0 Å². The molecule has 90 valence electrons. The lowest BCUT2D eigenvalue weighted by molar-refractivity contribution is -0.139. The first-order chi connectivity index (χ1) is 6.73. The number of carbonyl (C=O) groups is 2. The number of carboxylic acid groups (broad SMARTS) is 2. The highest BCUT2D eigenvalue weighted by Gasteiger charge is 2.14. The van der Waals surface area contributed by atoms with E-state index in [1.54, 1.807) is 6.92 Å². The lowest BCUT2D eigenvalue weighted by atomic mass is 10.2. The van der Waals surface area contributed by atoms with Gasteiger partial charge in [-0.3, -0.25) is 9.59 Å². The number of hydrogen-bond acceptors (Lipinski definition) is 6. The number of hydrogen-bond donors (Lipinski definition) is 6.